The topological polar surface area (TPSA) is 26.3 Å². The van der Waals surface area contributed by atoms with Gasteiger partial charge in [0.1, 0.15) is 5.75 Å². The molecule has 1 aromatic carbocycles. The van der Waals surface area contributed by atoms with Gasteiger partial charge in [-0.05, 0) is 24.5 Å². The number of unbranched alkanes of at least 4 members (excludes halogenated alkanes) is 2. The van der Waals surface area contributed by atoms with Crippen LogP contribution < -0.4 is 4.74 Å². The molecule has 0 saturated heterocycles. The van der Waals surface area contributed by atoms with Crippen LogP contribution >= 0.6 is 0 Å². The highest BCUT2D eigenvalue weighted by Crippen LogP contribution is 2.21. The Balaban J connectivity index is 2.28. The Kier molecular flexibility index (Phi) is 8.77. The van der Waals surface area contributed by atoms with E-state index in [1.54, 1.807) is 0 Å². The second kappa shape index (κ2) is 10.5. The molecule has 0 aromatic heterocycles. The molecule has 0 fully saturated rings. The molecule has 2 nitrogen and oxygen atoms in total. The van der Waals surface area contributed by atoms with E-state index in [4.69, 9.17) is 4.74 Å². The predicted molar refractivity (Wildman–Crippen MR) is 83.9 cm³/mol. The molecule has 0 heterocycles. The van der Waals surface area contributed by atoms with Crippen molar-refractivity contribution in [3.8, 4) is 5.75 Å². The van der Waals surface area contributed by atoms with Crippen LogP contribution in [-0.2, 0) is 4.79 Å². The first-order valence-electron chi connectivity index (χ1n) is 8.02. The van der Waals surface area contributed by atoms with Gasteiger partial charge in [-0.1, -0.05) is 70.6 Å². The summed E-state index contributed by atoms with van der Waals surface area (Å²) in [6.07, 6.45) is 9.01. The lowest BCUT2D eigenvalue weighted by Crippen LogP contribution is -2.11. The third kappa shape index (κ3) is 7.32. The van der Waals surface area contributed by atoms with Crippen molar-refractivity contribution in [2.75, 3.05) is 0 Å². The van der Waals surface area contributed by atoms with Crippen molar-refractivity contribution in [2.24, 2.45) is 5.92 Å². The minimum Gasteiger partial charge on any atom is -0.427 e. The molecule has 0 bridgehead atoms. The standard InChI is InChI=1S/C18H28O2/c1-3-5-7-11-16(10-4-2)14-15-18(19)20-17-12-8-6-9-13-17/h6,8-9,12-13,16H,3-5,7,10-11,14-15H2,1-2H3. The maximum Gasteiger partial charge on any atom is 0.311 e. The van der Waals surface area contributed by atoms with Gasteiger partial charge in [0, 0.05) is 6.42 Å². The minimum absolute atomic E-state index is 0.104. The summed E-state index contributed by atoms with van der Waals surface area (Å²) in [4.78, 5) is 11.8. The average molecular weight is 276 g/mol. The summed E-state index contributed by atoms with van der Waals surface area (Å²) in [5, 5.41) is 0. The second-order valence-electron chi connectivity index (χ2n) is 5.48. The smallest absolute Gasteiger partial charge is 0.311 e. The molecule has 1 aromatic rings. The van der Waals surface area contributed by atoms with E-state index in [0.717, 1.165) is 6.42 Å². The molecule has 0 aliphatic carbocycles. The van der Waals surface area contributed by atoms with Crippen molar-refractivity contribution < 1.29 is 9.53 Å². The van der Waals surface area contributed by atoms with E-state index < -0.39 is 0 Å². The molecule has 0 spiro atoms. The molecular formula is C18H28O2. The van der Waals surface area contributed by atoms with Crippen LogP contribution in [0.3, 0.4) is 0 Å². The van der Waals surface area contributed by atoms with Crippen LogP contribution in [-0.4, -0.2) is 5.97 Å². The fourth-order valence-electron chi connectivity index (χ4n) is 2.52. The zero-order valence-corrected chi connectivity index (χ0v) is 12.9. The van der Waals surface area contributed by atoms with Gasteiger partial charge in [0.05, 0.1) is 0 Å². The molecule has 1 unspecified atom stereocenters. The van der Waals surface area contributed by atoms with Gasteiger partial charge in [0.2, 0.25) is 0 Å². The van der Waals surface area contributed by atoms with Gasteiger partial charge in [-0.15, -0.1) is 0 Å². The van der Waals surface area contributed by atoms with Crippen LogP contribution in [0.15, 0.2) is 30.3 Å². The summed E-state index contributed by atoms with van der Waals surface area (Å²) < 4.78 is 5.33. The molecule has 0 amide bonds. The van der Waals surface area contributed by atoms with E-state index in [1.165, 1.54) is 38.5 Å². The van der Waals surface area contributed by atoms with Crippen molar-refractivity contribution in [3.05, 3.63) is 30.3 Å². The quantitative estimate of drug-likeness (QED) is 0.326. The Hall–Kier alpha value is -1.31. The van der Waals surface area contributed by atoms with Gasteiger partial charge in [-0.2, -0.15) is 0 Å². The lowest BCUT2D eigenvalue weighted by Gasteiger charge is -2.15. The zero-order valence-electron chi connectivity index (χ0n) is 12.9. The Labute approximate surface area is 123 Å². The molecule has 1 rings (SSSR count). The highest BCUT2D eigenvalue weighted by atomic mass is 16.5. The van der Waals surface area contributed by atoms with Gasteiger partial charge in [-0.25, -0.2) is 0 Å². The number of hydrogen-bond donors (Lipinski definition) is 0. The van der Waals surface area contributed by atoms with E-state index in [2.05, 4.69) is 13.8 Å². The summed E-state index contributed by atoms with van der Waals surface area (Å²) in [6.45, 7) is 4.45. The number of carbonyl (C=O) groups excluding carboxylic acids is 1. The van der Waals surface area contributed by atoms with E-state index in [9.17, 15) is 4.79 Å². The van der Waals surface area contributed by atoms with E-state index in [0.29, 0.717) is 18.1 Å². The molecule has 2 heteroatoms. The number of rotatable bonds is 10. The van der Waals surface area contributed by atoms with Crippen LogP contribution in [0.25, 0.3) is 0 Å². The number of carbonyl (C=O) groups is 1. The number of esters is 1. The molecule has 0 N–H and O–H groups in total. The molecule has 0 aliphatic rings. The number of ether oxygens (including phenoxy) is 1. The largest absolute Gasteiger partial charge is 0.427 e. The van der Waals surface area contributed by atoms with Crippen molar-refractivity contribution in [1.82, 2.24) is 0 Å². The second-order valence-corrected chi connectivity index (χ2v) is 5.48. The Bertz CT molecular complexity index is 359. The summed E-state index contributed by atoms with van der Waals surface area (Å²) in [5.74, 6) is 1.22. The summed E-state index contributed by atoms with van der Waals surface area (Å²) in [6, 6.07) is 9.33. The van der Waals surface area contributed by atoms with Crippen LogP contribution in [0.1, 0.15) is 65.2 Å². The molecule has 0 aliphatic heterocycles. The minimum atomic E-state index is -0.104. The molecule has 0 saturated carbocycles. The fraction of sp³-hybridized carbons (Fsp3) is 0.611. The molecule has 0 radical (unpaired) electrons. The number of para-hydroxylation sites is 1. The number of benzene rings is 1. The lowest BCUT2D eigenvalue weighted by molar-refractivity contribution is -0.134. The van der Waals surface area contributed by atoms with Crippen LogP contribution in [0.5, 0.6) is 5.75 Å². The highest BCUT2D eigenvalue weighted by molar-refractivity contribution is 5.72. The maximum absolute atomic E-state index is 11.8. The lowest BCUT2D eigenvalue weighted by atomic mass is 9.92. The highest BCUT2D eigenvalue weighted by Gasteiger charge is 2.12. The molecular weight excluding hydrogens is 248 g/mol. The first-order chi connectivity index (χ1) is 9.76. The fourth-order valence-corrected chi connectivity index (χ4v) is 2.52. The molecule has 112 valence electrons. The normalized spacial score (nSPS) is 12.1. The van der Waals surface area contributed by atoms with Gasteiger partial charge in [-0.3, -0.25) is 4.79 Å². The first-order valence-corrected chi connectivity index (χ1v) is 8.02. The first kappa shape index (κ1) is 16.7. The van der Waals surface area contributed by atoms with Gasteiger partial charge in [0.15, 0.2) is 0 Å². The average Bonchev–Trinajstić information content (AvgIpc) is 2.46. The van der Waals surface area contributed by atoms with Crippen molar-refractivity contribution in [2.45, 2.75) is 65.2 Å². The monoisotopic (exact) mass is 276 g/mol. The summed E-state index contributed by atoms with van der Waals surface area (Å²) in [5.41, 5.74) is 0. The summed E-state index contributed by atoms with van der Waals surface area (Å²) >= 11 is 0. The molecule has 20 heavy (non-hydrogen) atoms. The van der Waals surface area contributed by atoms with Crippen LogP contribution in [0, 0.1) is 5.92 Å². The van der Waals surface area contributed by atoms with Gasteiger partial charge >= 0.3 is 5.97 Å². The predicted octanol–water partition coefficient (Wildman–Crippen LogP) is 5.37. The van der Waals surface area contributed by atoms with Crippen molar-refractivity contribution in [1.29, 1.82) is 0 Å². The SMILES string of the molecule is CCCCCC(CCC)CCC(=O)Oc1ccccc1. The van der Waals surface area contributed by atoms with Crippen LogP contribution in [0.4, 0.5) is 0 Å². The Morgan fingerprint density at radius 2 is 1.75 bits per heavy atom. The Morgan fingerprint density at radius 3 is 2.40 bits per heavy atom. The number of hydrogen-bond acceptors (Lipinski definition) is 2. The van der Waals surface area contributed by atoms with E-state index in [1.807, 2.05) is 30.3 Å². The third-order valence-electron chi connectivity index (χ3n) is 3.64. The maximum atomic E-state index is 11.8. The van der Waals surface area contributed by atoms with E-state index >= 15 is 0 Å². The molecule has 1 atom stereocenters. The van der Waals surface area contributed by atoms with Crippen LogP contribution in [0.2, 0.25) is 0 Å². The Morgan fingerprint density at radius 1 is 1.00 bits per heavy atom. The zero-order chi connectivity index (χ0) is 14.6. The van der Waals surface area contributed by atoms with Gasteiger partial charge in [0.25, 0.3) is 0 Å². The van der Waals surface area contributed by atoms with Gasteiger partial charge < -0.3 is 4.74 Å². The van der Waals surface area contributed by atoms with Crippen molar-refractivity contribution >= 4 is 5.97 Å². The summed E-state index contributed by atoms with van der Waals surface area (Å²) in [7, 11) is 0. The third-order valence-corrected chi connectivity index (χ3v) is 3.64. The van der Waals surface area contributed by atoms with E-state index in [-0.39, 0.29) is 5.97 Å². The van der Waals surface area contributed by atoms with Crippen molar-refractivity contribution in [3.63, 3.8) is 0 Å².